The highest BCUT2D eigenvalue weighted by Gasteiger charge is 2.07. The van der Waals surface area contributed by atoms with E-state index in [9.17, 15) is 9.59 Å². The molecule has 0 aliphatic carbocycles. The molecule has 112 valence electrons. The van der Waals surface area contributed by atoms with Gasteiger partial charge in [0, 0.05) is 4.88 Å². The number of nitrogens with zero attached hydrogens (tertiary/aromatic N) is 3. The lowest BCUT2D eigenvalue weighted by Gasteiger charge is -2.05. The first-order valence-corrected chi connectivity index (χ1v) is 7.08. The predicted octanol–water partition coefficient (Wildman–Crippen LogP) is 0.732. The zero-order valence-corrected chi connectivity index (χ0v) is 12.2. The Hall–Kier alpha value is -2.42. The summed E-state index contributed by atoms with van der Waals surface area (Å²) in [5.41, 5.74) is 1.65. The van der Waals surface area contributed by atoms with E-state index in [1.807, 2.05) is 18.4 Å². The number of urea groups is 1. The van der Waals surface area contributed by atoms with E-state index in [-0.39, 0.29) is 19.1 Å². The minimum atomic E-state index is -0.997. The van der Waals surface area contributed by atoms with E-state index in [1.165, 1.54) is 10.9 Å². The van der Waals surface area contributed by atoms with Gasteiger partial charge < -0.3 is 15.7 Å². The highest BCUT2D eigenvalue weighted by Crippen LogP contribution is 2.14. The molecule has 0 aliphatic rings. The molecule has 0 fully saturated rings. The second kappa shape index (κ2) is 6.84. The van der Waals surface area contributed by atoms with Gasteiger partial charge in [-0.25, -0.2) is 9.48 Å². The fourth-order valence-corrected chi connectivity index (χ4v) is 2.46. The van der Waals surface area contributed by atoms with Gasteiger partial charge in [-0.2, -0.15) is 0 Å². The van der Waals surface area contributed by atoms with Crippen molar-refractivity contribution in [1.29, 1.82) is 0 Å². The number of hydrogen-bond acceptors (Lipinski definition) is 5. The van der Waals surface area contributed by atoms with Gasteiger partial charge in [-0.05, 0) is 23.9 Å². The minimum Gasteiger partial charge on any atom is -0.480 e. The van der Waals surface area contributed by atoms with Crippen molar-refractivity contribution in [2.24, 2.45) is 0 Å². The highest BCUT2D eigenvalue weighted by molar-refractivity contribution is 7.10. The largest absolute Gasteiger partial charge is 0.480 e. The first kappa shape index (κ1) is 15.0. The van der Waals surface area contributed by atoms with Crippen molar-refractivity contribution in [3.05, 3.63) is 33.8 Å². The first-order valence-electron chi connectivity index (χ1n) is 6.20. The third kappa shape index (κ3) is 4.56. The number of hydrogen-bond donors (Lipinski definition) is 3. The first-order chi connectivity index (χ1) is 10.0. The maximum Gasteiger partial charge on any atom is 0.325 e. The smallest absolute Gasteiger partial charge is 0.325 e. The maximum absolute atomic E-state index is 11.6. The van der Waals surface area contributed by atoms with Crippen molar-refractivity contribution < 1.29 is 14.7 Å². The lowest BCUT2D eigenvalue weighted by Crippen LogP contribution is -2.34. The Balaban J connectivity index is 1.75. The zero-order chi connectivity index (χ0) is 15.2. The maximum atomic E-state index is 11.6. The fourth-order valence-electron chi connectivity index (χ4n) is 1.61. The van der Waals surface area contributed by atoms with Gasteiger partial charge >= 0.3 is 12.0 Å². The molecule has 0 spiro atoms. The van der Waals surface area contributed by atoms with Crippen LogP contribution >= 0.6 is 11.3 Å². The van der Waals surface area contributed by atoms with Crippen molar-refractivity contribution >= 4 is 23.3 Å². The molecule has 0 saturated carbocycles. The van der Waals surface area contributed by atoms with Crippen LogP contribution in [0.3, 0.4) is 0 Å². The number of rotatable bonds is 6. The van der Waals surface area contributed by atoms with Gasteiger partial charge in [0.05, 0.1) is 19.3 Å². The van der Waals surface area contributed by atoms with E-state index >= 15 is 0 Å². The van der Waals surface area contributed by atoms with Gasteiger partial charge in [-0.3, -0.25) is 4.79 Å². The number of aliphatic carboxylic acids is 1. The average molecular weight is 309 g/mol. The second-order valence-electron chi connectivity index (χ2n) is 4.36. The molecule has 3 N–H and O–H groups in total. The van der Waals surface area contributed by atoms with Gasteiger partial charge in [0.1, 0.15) is 12.2 Å². The molecule has 0 aromatic carbocycles. The molecule has 2 heterocycles. The molecule has 2 amide bonds. The summed E-state index contributed by atoms with van der Waals surface area (Å²) in [7, 11) is 0. The Kier molecular flexibility index (Phi) is 4.88. The molecular weight excluding hydrogens is 294 g/mol. The van der Waals surface area contributed by atoms with Gasteiger partial charge in [0.15, 0.2) is 0 Å². The van der Waals surface area contributed by atoms with E-state index in [0.29, 0.717) is 12.2 Å². The molecule has 0 bridgehead atoms. The predicted molar refractivity (Wildman–Crippen MR) is 75.8 cm³/mol. The Morgan fingerprint density at radius 3 is 2.81 bits per heavy atom. The third-order valence-electron chi connectivity index (χ3n) is 2.69. The Morgan fingerprint density at radius 2 is 2.14 bits per heavy atom. The molecular formula is C12H15N5O3S. The molecule has 21 heavy (non-hydrogen) atoms. The van der Waals surface area contributed by atoms with Crippen molar-refractivity contribution in [3.63, 3.8) is 0 Å². The molecule has 9 heteroatoms. The minimum absolute atomic E-state index is 0.189. The monoisotopic (exact) mass is 309 g/mol. The molecule has 2 aromatic rings. The topological polar surface area (TPSA) is 109 Å². The summed E-state index contributed by atoms with van der Waals surface area (Å²) in [6, 6.07) is 1.69. The summed E-state index contributed by atoms with van der Waals surface area (Å²) in [5.74, 6) is -0.997. The zero-order valence-electron chi connectivity index (χ0n) is 11.4. The van der Waals surface area contributed by atoms with Gasteiger partial charge in [-0.15, -0.1) is 16.4 Å². The highest BCUT2D eigenvalue weighted by atomic mass is 32.1. The summed E-state index contributed by atoms with van der Waals surface area (Å²) in [6.07, 6.45) is 1.48. The quantitative estimate of drug-likeness (QED) is 0.729. The van der Waals surface area contributed by atoms with E-state index < -0.39 is 5.97 Å². The standard InChI is InChI=1S/C12H15N5O3S/c1-8-2-3-21-10(8)5-14-12(20)13-4-9-6-17(16-15-9)7-11(18)19/h2-3,6H,4-5,7H2,1H3,(H,18,19)(H2,13,14,20). The van der Waals surface area contributed by atoms with Gasteiger partial charge in [0.25, 0.3) is 0 Å². The number of carboxylic acid groups (broad SMARTS) is 1. The van der Waals surface area contributed by atoms with E-state index in [4.69, 9.17) is 5.11 Å². The normalized spacial score (nSPS) is 10.3. The fraction of sp³-hybridized carbons (Fsp3) is 0.333. The molecule has 0 atom stereocenters. The second-order valence-corrected chi connectivity index (χ2v) is 5.36. The van der Waals surface area contributed by atoms with Crippen molar-refractivity contribution in [2.75, 3.05) is 0 Å². The van der Waals surface area contributed by atoms with Crippen molar-refractivity contribution in [3.8, 4) is 0 Å². The number of thiophene rings is 1. The summed E-state index contributed by atoms with van der Waals surface area (Å²) in [6.45, 7) is 2.40. The van der Waals surface area contributed by atoms with Gasteiger partial charge in [0.2, 0.25) is 0 Å². The SMILES string of the molecule is Cc1ccsc1CNC(=O)NCc1cn(CC(=O)O)nn1. The summed E-state index contributed by atoms with van der Waals surface area (Å²) >= 11 is 1.59. The molecule has 0 aliphatic heterocycles. The van der Waals surface area contributed by atoms with Crippen LogP contribution in [-0.2, 0) is 24.4 Å². The van der Waals surface area contributed by atoms with E-state index in [1.54, 1.807) is 11.3 Å². The summed E-state index contributed by atoms with van der Waals surface area (Å²) in [5, 5.41) is 23.4. The van der Waals surface area contributed by atoms with Crippen LogP contribution in [0.25, 0.3) is 0 Å². The molecule has 0 unspecified atom stereocenters. The number of amides is 2. The number of nitrogens with one attached hydrogen (secondary N) is 2. The van der Waals surface area contributed by atoms with Crippen LogP contribution in [0.5, 0.6) is 0 Å². The number of carbonyl (C=O) groups is 2. The molecule has 2 aromatic heterocycles. The van der Waals surface area contributed by atoms with Crippen LogP contribution in [0.2, 0.25) is 0 Å². The molecule has 8 nitrogen and oxygen atoms in total. The number of carboxylic acids is 1. The van der Waals surface area contributed by atoms with Gasteiger partial charge in [-0.1, -0.05) is 5.21 Å². The van der Waals surface area contributed by atoms with Crippen LogP contribution in [0.1, 0.15) is 16.1 Å². The lowest BCUT2D eigenvalue weighted by molar-refractivity contribution is -0.137. The van der Waals surface area contributed by atoms with E-state index in [2.05, 4.69) is 20.9 Å². The number of carbonyl (C=O) groups excluding carboxylic acids is 1. The Labute approximate surface area is 124 Å². The Morgan fingerprint density at radius 1 is 1.38 bits per heavy atom. The van der Waals surface area contributed by atoms with Crippen LogP contribution in [0.15, 0.2) is 17.6 Å². The molecule has 0 radical (unpaired) electrons. The van der Waals surface area contributed by atoms with Crippen molar-refractivity contribution in [2.45, 2.75) is 26.6 Å². The lowest BCUT2D eigenvalue weighted by atomic mass is 10.3. The van der Waals surface area contributed by atoms with Crippen LogP contribution in [0.4, 0.5) is 4.79 Å². The van der Waals surface area contributed by atoms with E-state index in [0.717, 1.165) is 10.4 Å². The molecule has 0 saturated heterocycles. The van der Waals surface area contributed by atoms with Crippen molar-refractivity contribution in [1.82, 2.24) is 25.6 Å². The average Bonchev–Trinajstić information content (AvgIpc) is 3.02. The van der Waals surface area contributed by atoms with Crippen LogP contribution < -0.4 is 10.6 Å². The van der Waals surface area contributed by atoms with Crippen LogP contribution in [-0.4, -0.2) is 32.1 Å². The van der Waals surface area contributed by atoms with Crippen LogP contribution in [0, 0.1) is 6.92 Å². The Bertz CT molecular complexity index is 636. The number of aryl methyl sites for hydroxylation is 1. The third-order valence-corrected chi connectivity index (χ3v) is 3.71. The molecule has 2 rings (SSSR count). The summed E-state index contributed by atoms with van der Waals surface area (Å²) in [4.78, 5) is 23.3. The number of aromatic nitrogens is 3. The summed E-state index contributed by atoms with van der Waals surface area (Å²) < 4.78 is 1.20.